The highest BCUT2D eigenvalue weighted by Gasteiger charge is 2.12. The van der Waals surface area contributed by atoms with E-state index in [4.69, 9.17) is 10.5 Å². The summed E-state index contributed by atoms with van der Waals surface area (Å²) in [6.45, 7) is 3.69. The summed E-state index contributed by atoms with van der Waals surface area (Å²) in [4.78, 5) is 1.15. The van der Waals surface area contributed by atoms with Gasteiger partial charge >= 0.3 is 0 Å². The number of methoxy groups -OCH3 is 1. The quantitative estimate of drug-likeness (QED) is 0.579. The fraction of sp³-hybridized carbons (Fsp3) is 0.455. The average Bonchev–Trinajstić information content (AvgIpc) is 2.65. The van der Waals surface area contributed by atoms with Crippen molar-refractivity contribution in [2.75, 3.05) is 7.11 Å². The third-order valence-corrected chi connectivity index (χ3v) is 3.17. The second-order valence-electron chi connectivity index (χ2n) is 3.18. The van der Waals surface area contributed by atoms with Crippen LogP contribution in [-0.2, 0) is 0 Å². The number of hydrogen-bond acceptors (Lipinski definition) is 3. The van der Waals surface area contributed by atoms with Gasteiger partial charge in [0.2, 0.25) is 0 Å². The highest BCUT2D eigenvalue weighted by Crippen LogP contribution is 2.31. The molecule has 1 aromatic heterocycles. The predicted molar refractivity (Wildman–Crippen MR) is 61.8 cm³/mol. The lowest BCUT2D eigenvalue weighted by molar-refractivity contribution is 0.407. The third kappa shape index (κ3) is 2.86. The summed E-state index contributed by atoms with van der Waals surface area (Å²) < 4.78 is 5.22. The second-order valence-corrected chi connectivity index (χ2v) is 4.13. The first-order chi connectivity index (χ1) is 6.79. The molecule has 0 radical (unpaired) electrons. The van der Waals surface area contributed by atoms with E-state index in [0.29, 0.717) is 0 Å². The van der Waals surface area contributed by atoms with Crippen LogP contribution >= 0.6 is 11.3 Å². The van der Waals surface area contributed by atoms with Gasteiger partial charge in [0.1, 0.15) is 5.75 Å². The van der Waals surface area contributed by atoms with Gasteiger partial charge in [-0.25, -0.2) is 0 Å². The fourth-order valence-corrected chi connectivity index (χ4v) is 2.26. The van der Waals surface area contributed by atoms with Crippen LogP contribution in [0.3, 0.4) is 0 Å². The Labute approximate surface area is 89.4 Å². The summed E-state index contributed by atoms with van der Waals surface area (Å²) >= 11 is 1.66. The van der Waals surface area contributed by atoms with E-state index in [2.05, 4.69) is 6.58 Å². The Hall–Kier alpha value is -0.800. The van der Waals surface area contributed by atoms with Gasteiger partial charge in [0.15, 0.2) is 0 Å². The van der Waals surface area contributed by atoms with Gasteiger partial charge in [-0.2, -0.15) is 0 Å². The molecule has 0 aliphatic heterocycles. The van der Waals surface area contributed by atoms with Crippen molar-refractivity contribution in [2.24, 2.45) is 5.73 Å². The van der Waals surface area contributed by atoms with Crippen LogP contribution in [0.1, 0.15) is 30.2 Å². The summed E-state index contributed by atoms with van der Waals surface area (Å²) in [6, 6.07) is 2.07. The van der Waals surface area contributed by atoms with E-state index in [9.17, 15) is 0 Å². The van der Waals surface area contributed by atoms with Crippen LogP contribution < -0.4 is 10.5 Å². The molecule has 0 fully saturated rings. The average molecular weight is 211 g/mol. The number of hydrogen-bond donors (Lipinski definition) is 1. The molecular formula is C11H17NOS. The van der Waals surface area contributed by atoms with E-state index in [0.717, 1.165) is 29.9 Å². The van der Waals surface area contributed by atoms with E-state index in [-0.39, 0.29) is 6.04 Å². The fourth-order valence-electron chi connectivity index (χ4n) is 1.36. The van der Waals surface area contributed by atoms with Crippen LogP contribution in [-0.4, -0.2) is 7.11 Å². The first-order valence-corrected chi connectivity index (χ1v) is 5.65. The predicted octanol–water partition coefficient (Wildman–Crippen LogP) is 3.11. The summed E-state index contributed by atoms with van der Waals surface area (Å²) in [5.74, 6) is 0.918. The molecule has 0 bridgehead atoms. The maximum atomic E-state index is 6.05. The van der Waals surface area contributed by atoms with Crippen LogP contribution in [0.5, 0.6) is 5.75 Å². The molecule has 1 atom stereocenters. The molecule has 2 nitrogen and oxygen atoms in total. The minimum Gasteiger partial charge on any atom is -0.496 e. The van der Waals surface area contributed by atoms with Crippen molar-refractivity contribution in [1.29, 1.82) is 0 Å². The van der Waals surface area contributed by atoms with Crippen molar-refractivity contribution >= 4 is 11.3 Å². The molecular weight excluding hydrogens is 194 g/mol. The topological polar surface area (TPSA) is 35.2 Å². The van der Waals surface area contributed by atoms with Crippen LogP contribution in [0.2, 0.25) is 0 Å². The van der Waals surface area contributed by atoms with Crippen molar-refractivity contribution in [3.8, 4) is 5.75 Å². The van der Waals surface area contributed by atoms with Gasteiger partial charge in [0, 0.05) is 6.04 Å². The van der Waals surface area contributed by atoms with Crippen LogP contribution in [0, 0.1) is 0 Å². The first-order valence-electron chi connectivity index (χ1n) is 4.77. The Morgan fingerprint density at radius 1 is 1.71 bits per heavy atom. The molecule has 3 heteroatoms. The zero-order chi connectivity index (χ0) is 10.4. The van der Waals surface area contributed by atoms with Gasteiger partial charge in [0.05, 0.1) is 12.0 Å². The molecule has 78 valence electrons. The molecule has 1 aromatic rings. The Morgan fingerprint density at radius 3 is 3.14 bits per heavy atom. The number of ether oxygens (including phenoxy) is 1. The molecule has 14 heavy (non-hydrogen) atoms. The highest BCUT2D eigenvalue weighted by molar-refractivity contribution is 7.10. The lowest BCUT2D eigenvalue weighted by atomic mass is 10.1. The van der Waals surface area contributed by atoms with E-state index in [1.165, 1.54) is 0 Å². The third-order valence-electron chi connectivity index (χ3n) is 2.14. The number of unbranched alkanes of at least 4 members (excludes halogenated alkanes) is 1. The van der Waals surface area contributed by atoms with Gasteiger partial charge < -0.3 is 10.5 Å². The molecule has 1 rings (SSSR count). The van der Waals surface area contributed by atoms with E-state index in [1.807, 2.05) is 17.5 Å². The largest absolute Gasteiger partial charge is 0.496 e. The summed E-state index contributed by atoms with van der Waals surface area (Å²) in [5.41, 5.74) is 6.05. The Balaban J connectivity index is 2.50. The lowest BCUT2D eigenvalue weighted by Crippen LogP contribution is -2.09. The summed E-state index contributed by atoms with van der Waals surface area (Å²) in [5, 5.41) is 2.02. The van der Waals surface area contributed by atoms with Crippen LogP contribution in [0.25, 0.3) is 0 Å². The van der Waals surface area contributed by atoms with Gasteiger partial charge in [-0.3, -0.25) is 0 Å². The minimum atomic E-state index is 0.102. The molecule has 0 aromatic carbocycles. The van der Waals surface area contributed by atoms with Crippen molar-refractivity contribution in [2.45, 2.75) is 25.3 Å². The molecule has 0 saturated heterocycles. The molecule has 2 N–H and O–H groups in total. The highest BCUT2D eigenvalue weighted by atomic mass is 32.1. The number of rotatable bonds is 6. The normalized spacial score (nSPS) is 12.4. The van der Waals surface area contributed by atoms with Crippen LogP contribution in [0.4, 0.5) is 0 Å². The summed E-state index contributed by atoms with van der Waals surface area (Å²) in [6.07, 6.45) is 5.04. The maximum Gasteiger partial charge on any atom is 0.134 e. The SMILES string of the molecule is C=CCCCC(N)c1sccc1OC. The van der Waals surface area contributed by atoms with Crippen molar-refractivity contribution in [3.63, 3.8) is 0 Å². The first kappa shape index (κ1) is 11.3. The molecule has 0 saturated carbocycles. The lowest BCUT2D eigenvalue weighted by Gasteiger charge is -2.10. The molecule has 0 aliphatic carbocycles. The Morgan fingerprint density at radius 2 is 2.50 bits per heavy atom. The van der Waals surface area contributed by atoms with Crippen molar-refractivity contribution in [3.05, 3.63) is 29.0 Å². The van der Waals surface area contributed by atoms with E-state index >= 15 is 0 Å². The molecule has 0 aliphatic rings. The zero-order valence-corrected chi connectivity index (χ0v) is 9.35. The number of thiophene rings is 1. The Bertz CT molecular complexity index is 283. The minimum absolute atomic E-state index is 0.102. The van der Waals surface area contributed by atoms with E-state index < -0.39 is 0 Å². The molecule has 0 spiro atoms. The van der Waals surface area contributed by atoms with Gasteiger partial charge in [-0.05, 0) is 30.7 Å². The van der Waals surface area contributed by atoms with Gasteiger partial charge in [-0.1, -0.05) is 6.08 Å². The molecule has 1 unspecified atom stereocenters. The number of nitrogens with two attached hydrogens (primary N) is 1. The smallest absolute Gasteiger partial charge is 0.134 e. The van der Waals surface area contributed by atoms with E-state index in [1.54, 1.807) is 18.4 Å². The molecule has 0 amide bonds. The van der Waals surface area contributed by atoms with Crippen molar-refractivity contribution < 1.29 is 4.74 Å². The van der Waals surface area contributed by atoms with Crippen LogP contribution in [0.15, 0.2) is 24.1 Å². The summed E-state index contributed by atoms with van der Waals surface area (Å²) in [7, 11) is 1.68. The maximum absolute atomic E-state index is 6.05. The second kappa shape index (κ2) is 5.83. The zero-order valence-electron chi connectivity index (χ0n) is 8.53. The Kier molecular flexibility index (Phi) is 4.70. The number of allylic oxidation sites excluding steroid dienone is 1. The standard InChI is InChI=1S/C11H17NOS/c1-3-4-5-6-9(12)11-10(13-2)7-8-14-11/h3,7-9H,1,4-6,12H2,2H3. The van der Waals surface area contributed by atoms with Gasteiger partial charge in [-0.15, -0.1) is 17.9 Å². The molecule has 1 heterocycles. The van der Waals surface area contributed by atoms with Crippen molar-refractivity contribution in [1.82, 2.24) is 0 Å². The monoisotopic (exact) mass is 211 g/mol. The van der Waals surface area contributed by atoms with Gasteiger partial charge in [0.25, 0.3) is 0 Å².